The van der Waals surface area contributed by atoms with E-state index in [1.807, 2.05) is 0 Å². The number of thiocarbonyl (C=S) groups is 1. The number of hydrogen-bond acceptors (Lipinski definition) is 6. The molecule has 1 N–H and O–H groups in total. The number of halogens is 1. The monoisotopic (exact) mass is 429 g/mol. The largest absolute Gasteiger partial charge is 0.546 e. The first kappa shape index (κ1) is 20.5. The Kier molecular flexibility index (Phi) is 5.95. The van der Waals surface area contributed by atoms with E-state index in [-0.39, 0.29) is 10.7 Å². The van der Waals surface area contributed by atoms with Gasteiger partial charge < -0.3 is 14.6 Å². The summed E-state index contributed by atoms with van der Waals surface area (Å²) in [6.07, 6.45) is 0.292. The van der Waals surface area contributed by atoms with Crippen molar-refractivity contribution in [1.82, 2.24) is 5.32 Å². The third-order valence-corrected chi connectivity index (χ3v) is 4.52. The molecule has 1 aliphatic heterocycles. The van der Waals surface area contributed by atoms with Crippen LogP contribution in [0.15, 0.2) is 54.1 Å². The second-order valence-corrected chi connectivity index (χ2v) is 6.91. The molecule has 0 aliphatic carbocycles. The van der Waals surface area contributed by atoms with Crippen molar-refractivity contribution in [3.8, 4) is 5.75 Å². The molecule has 1 heterocycles. The number of ether oxygens (including phenoxy) is 1. The minimum atomic E-state index is -1.34. The maximum atomic E-state index is 12.9. The Hall–Kier alpha value is -3.23. The number of amides is 2. The van der Waals surface area contributed by atoms with Crippen LogP contribution >= 0.6 is 23.8 Å². The molecule has 1 atom stereocenters. The van der Waals surface area contributed by atoms with Gasteiger partial charge in [-0.1, -0.05) is 29.8 Å². The zero-order valence-corrected chi connectivity index (χ0v) is 16.6. The van der Waals surface area contributed by atoms with Gasteiger partial charge >= 0.3 is 0 Å². The lowest BCUT2D eigenvalue weighted by Crippen LogP contribution is -2.54. The van der Waals surface area contributed by atoms with E-state index in [4.69, 9.17) is 28.6 Å². The fourth-order valence-electron chi connectivity index (χ4n) is 2.57. The predicted molar refractivity (Wildman–Crippen MR) is 109 cm³/mol. The molecule has 2 aromatic carbocycles. The number of anilines is 1. The van der Waals surface area contributed by atoms with Gasteiger partial charge in [0.1, 0.15) is 17.4 Å². The second kappa shape index (κ2) is 8.42. The third kappa shape index (κ3) is 4.61. The first-order chi connectivity index (χ1) is 13.8. The quantitative estimate of drug-likeness (QED) is 0.441. The number of rotatable bonds is 5. The van der Waals surface area contributed by atoms with Crippen LogP contribution in [-0.4, -0.2) is 29.0 Å². The summed E-state index contributed by atoms with van der Waals surface area (Å²) in [6, 6.07) is 12.7. The summed E-state index contributed by atoms with van der Waals surface area (Å²) in [5.41, 5.74) is 0.851. The molecular formula is C20H14ClN2O5S-. The fraction of sp³-hybridized carbons (Fsp3) is 0.100. The maximum Gasteiger partial charge on any atom is 0.270 e. The van der Waals surface area contributed by atoms with Gasteiger partial charge in [-0.3, -0.25) is 19.8 Å². The van der Waals surface area contributed by atoms with E-state index < -0.39 is 23.9 Å². The first-order valence-corrected chi connectivity index (χ1v) is 9.19. The molecule has 0 saturated carbocycles. The van der Waals surface area contributed by atoms with Gasteiger partial charge in [0, 0.05) is 5.02 Å². The highest BCUT2D eigenvalue weighted by atomic mass is 35.5. The zero-order valence-electron chi connectivity index (χ0n) is 15.0. The predicted octanol–water partition coefficient (Wildman–Crippen LogP) is 1.69. The number of carbonyl (C=O) groups is 3. The fourth-order valence-corrected chi connectivity index (χ4v) is 3.03. The molecule has 29 heavy (non-hydrogen) atoms. The van der Waals surface area contributed by atoms with Gasteiger partial charge in [-0.25, -0.2) is 0 Å². The van der Waals surface area contributed by atoms with Crippen LogP contribution in [0.4, 0.5) is 5.69 Å². The summed E-state index contributed by atoms with van der Waals surface area (Å²) in [5.74, 6) is -2.24. The lowest BCUT2D eigenvalue weighted by Gasteiger charge is -2.29. The van der Waals surface area contributed by atoms with Gasteiger partial charge in [0.25, 0.3) is 11.8 Å². The highest BCUT2D eigenvalue weighted by Gasteiger charge is 2.34. The van der Waals surface area contributed by atoms with Gasteiger partial charge in [0.05, 0.1) is 11.7 Å². The SMILES string of the molecule is C[C@@H](Oc1ccc(/C=C2\C(=O)NC(=S)N(c3cccc(Cl)c3)C2=O)cc1)C(=O)[O-]. The summed E-state index contributed by atoms with van der Waals surface area (Å²) < 4.78 is 5.20. The molecule has 1 fully saturated rings. The van der Waals surface area contributed by atoms with E-state index in [0.29, 0.717) is 22.0 Å². The Balaban J connectivity index is 1.87. The van der Waals surface area contributed by atoms with Crippen molar-refractivity contribution >= 4 is 58.5 Å². The van der Waals surface area contributed by atoms with Crippen molar-refractivity contribution in [2.75, 3.05) is 4.90 Å². The smallest absolute Gasteiger partial charge is 0.270 e. The van der Waals surface area contributed by atoms with E-state index in [2.05, 4.69) is 5.32 Å². The van der Waals surface area contributed by atoms with Gasteiger partial charge in [-0.15, -0.1) is 0 Å². The normalized spacial score (nSPS) is 16.6. The molecule has 2 aromatic rings. The van der Waals surface area contributed by atoms with E-state index in [0.717, 1.165) is 0 Å². The molecule has 1 saturated heterocycles. The van der Waals surface area contributed by atoms with Gasteiger partial charge in [0.15, 0.2) is 5.11 Å². The summed E-state index contributed by atoms with van der Waals surface area (Å²) in [6.45, 7) is 1.35. The number of carboxylic acid groups (broad SMARTS) is 1. The Bertz CT molecular complexity index is 1040. The lowest BCUT2D eigenvalue weighted by atomic mass is 10.1. The van der Waals surface area contributed by atoms with Crippen LogP contribution in [0, 0.1) is 0 Å². The molecule has 0 bridgehead atoms. The van der Waals surface area contributed by atoms with E-state index in [9.17, 15) is 19.5 Å². The lowest BCUT2D eigenvalue weighted by molar-refractivity contribution is -0.312. The molecule has 0 radical (unpaired) electrons. The molecule has 0 spiro atoms. The average molecular weight is 430 g/mol. The number of carboxylic acids is 1. The first-order valence-electron chi connectivity index (χ1n) is 8.41. The number of nitrogens with zero attached hydrogens (tertiary/aromatic N) is 1. The van der Waals surface area contributed by atoms with Crippen LogP contribution in [0.2, 0.25) is 5.02 Å². The molecule has 0 aromatic heterocycles. The van der Waals surface area contributed by atoms with Crippen LogP contribution in [0.3, 0.4) is 0 Å². The van der Waals surface area contributed by atoms with E-state index in [1.54, 1.807) is 36.4 Å². The number of hydrogen-bond donors (Lipinski definition) is 1. The van der Waals surface area contributed by atoms with E-state index >= 15 is 0 Å². The van der Waals surface area contributed by atoms with Crippen molar-refractivity contribution in [1.29, 1.82) is 0 Å². The van der Waals surface area contributed by atoms with Crippen molar-refractivity contribution in [2.24, 2.45) is 0 Å². The molecule has 0 unspecified atom stereocenters. The summed E-state index contributed by atoms with van der Waals surface area (Å²) in [4.78, 5) is 37.2. The van der Waals surface area contributed by atoms with Crippen LogP contribution in [0.25, 0.3) is 6.08 Å². The average Bonchev–Trinajstić information content (AvgIpc) is 2.66. The van der Waals surface area contributed by atoms with Gasteiger partial charge in [-0.05, 0) is 61.1 Å². The van der Waals surface area contributed by atoms with Gasteiger partial charge in [-0.2, -0.15) is 0 Å². The number of nitrogens with one attached hydrogen (secondary N) is 1. The Labute approximate surface area is 176 Å². The summed E-state index contributed by atoms with van der Waals surface area (Å²) >= 11 is 11.1. The molecule has 2 amide bonds. The van der Waals surface area contributed by atoms with Crippen molar-refractivity contribution < 1.29 is 24.2 Å². The van der Waals surface area contributed by atoms with Crippen molar-refractivity contribution in [3.05, 3.63) is 64.7 Å². The molecule has 3 rings (SSSR count). The molecular weight excluding hydrogens is 416 g/mol. The van der Waals surface area contributed by atoms with Crippen LogP contribution in [-0.2, 0) is 14.4 Å². The highest BCUT2D eigenvalue weighted by molar-refractivity contribution is 7.80. The van der Waals surface area contributed by atoms with Crippen molar-refractivity contribution in [2.45, 2.75) is 13.0 Å². The second-order valence-electron chi connectivity index (χ2n) is 6.09. The minimum Gasteiger partial charge on any atom is -0.546 e. The zero-order chi connectivity index (χ0) is 21.1. The molecule has 148 valence electrons. The molecule has 1 aliphatic rings. The van der Waals surface area contributed by atoms with Crippen molar-refractivity contribution in [3.63, 3.8) is 0 Å². The minimum absolute atomic E-state index is 0.0422. The van der Waals surface area contributed by atoms with Crippen LogP contribution in [0.1, 0.15) is 12.5 Å². The highest BCUT2D eigenvalue weighted by Crippen LogP contribution is 2.25. The van der Waals surface area contributed by atoms with Crippen LogP contribution in [0.5, 0.6) is 5.75 Å². The number of benzene rings is 2. The topological polar surface area (TPSA) is 98.8 Å². The maximum absolute atomic E-state index is 12.9. The standard InChI is InChI=1S/C20H15ClN2O5S/c1-11(19(26)27)28-15-7-5-12(6-8-15)9-16-17(24)22-20(29)23(18(16)25)14-4-2-3-13(21)10-14/h2-11H,1H3,(H,26,27)(H,22,24,29)/p-1/b16-9+/t11-/m1/s1. The third-order valence-electron chi connectivity index (χ3n) is 4.00. The van der Waals surface area contributed by atoms with Crippen LogP contribution < -0.4 is 20.1 Å². The summed E-state index contributed by atoms with van der Waals surface area (Å²) in [7, 11) is 0. The Morgan fingerprint density at radius 1 is 1.24 bits per heavy atom. The van der Waals surface area contributed by atoms with E-state index in [1.165, 1.54) is 30.0 Å². The molecule has 9 heteroatoms. The molecule has 7 nitrogen and oxygen atoms in total. The number of aliphatic carboxylic acids is 1. The summed E-state index contributed by atoms with van der Waals surface area (Å²) in [5, 5.41) is 13.6. The van der Waals surface area contributed by atoms with Gasteiger partial charge in [0.2, 0.25) is 0 Å². The Morgan fingerprint density at radius 3 is 2.55 bits per heavy atom. The Morgan fingerprint density at radius 2 is 1.93 bits per heavy atom. The number of carbonyl (C=O) groups excluding carboxylic acids is 3.